The number of rotatable bonds is 5. The van der Waals surface area contributed by atoms with Crippen molar-refractivity contribution in [3.05, 3.63) is 0 Å². The predicted octanol–water partition coefficient (Wildman–Crippen LogP) is 2.96. The van der Waals surface area contributed by atoms with Crippen molar-refractivity contribution < 1.29 is 4.79 Å². The number of hydrogen-bond donors (Lipinski definition) is 0. The van der Waals surface area contributed by atoms with E-state index >= 15 is 0 Å². The average Bonchev–Trinajstić information content (AvgIpc) is 2.92. The molecule has 4 aliphatic rings. The van der Waals surface area contributed by atoms with Gasteiger partial charge in [0.05, 0.1) is 5.25 Å². The minimum Gasteiger partial charge on any atom is -0.298 e. The Kier molecular flexibility index (Phi) is 3.55. The summed E-state index contributed by atoms with van der Waals surface area (Å²) in [6.07, 6.45) is 7.55. The summed E-state index contributed by atoms with van der Waals surface area (Å²) in [4.78, 5) is 13.2. The maximum atomic E-state index is 13.2. The molecule has 0 amide bonds. The third-order valence-electron chi connectivity index (χ3n) is 6.01. The van der Waals surface area contributed by atoms with Crippen molar-refractivity contribution in [3.63, 3.8) is 0 Å². The first-order chi connectivity index (χ1) is 10.6. The molecule has 5 nitrogen and oxygen atoms in total. The van der Waals surface area contributed by atoms with Crippen LogP contribution in [0.4, 0.5) is 0 Å². The van der Waals surface area contributed by atoms with Gasteiger partial charge in [-0.25, -0.2) is 4.68 Å². The molecule has 22 heavy (non-hydrogen) atoms. The Bertz CT molecular complexity index is 549. The molecule has 6 heteroatoms. The normalized spacial score (nSPS) is 37.5. The van der Waals surface area contributed by atoms with Crippen molar-refractivity contribution in [1.82, 2.24) is 20.2 Å². The number of carbonyl (C=O) groups excluding carboxylic acids is 1. The van der Waals surface area contributed by atoms with Gasteiger partial charge in [0, 0.05) is 12.0 Å². The van der Waals surface area contributed by atoms with Gasteiger partial charge >= 0.3 is 0 Å². The Morgan fingerprint density at radius 1 is 1.27 bits per heavy atom. The number of aromatic nitrogens is 4. The van der Waals surface area contributed by atoms with E-state index in [1.807, 2.05) is 13.8 Å². The van der Waals surface area contributed by atoms with Crippen molar-refractivity contribution in [2.24, 2.45) is 23.2 Å². The molecule has 1 unspecified atom stereocenters. The quantitative estimate of drug-likeness (QED) is 0.781. The van der Waals surface area contributed by atoms with Gasteiger partial charge in [0.15, 0.2) is 5.78 Å². The van der Waals surface area contributed by atoms with Crippen molar-refractivity contribution in [2.45, 2.75) is 69.3 Å². The van der Waals surface area contributed by atoms with E-state index in [0.717, 1.165) is 48.7 Å². The number of thioether (sulfide) groups is 1. The van der Waals surface area contributed by atoms with Gasteiger partial charge in [-0.2, -0.15) is 0 Å². The number of aryl methyl sites for hydroxylation is 1. The Balaban J connectivity index is 1.51. The summed E-state index contributed by atoms with van der Waals surface area (Å²) in [7, 11) is 0. The van der Waals surface area contributed by atoms with E-state index in [-0.39, 0.29) is 10.7 Å². The van der Waals surface area contributed by atoms with E-state index in [1.165, 1.54) is 31.0 Å². The smallest absolute Gasteiger partial charge is 0.209 e. The van der Waals surface area contributed by atoms with Gasteiger partial charge in [0.25, 0.3) is 0 Å². The number of tetrazole rings is 1. The van der Waals surface area contributed by atoms with E-state index in [4.69, 9.17) is 0 Å². The molecule has 4 saturated carbocycles. The molecule has 1 atom stereocenters. The van der Waals surface area contributed by atoms with Crippen LogP contribution in [-0.4, -0.2) is 31.2 Å². The molecule has 4 bridgehead atoms. The summed E-state index contributed by atoms with van der Waals surface area (Å²) in [5.74, 6) is 2.90. The molecular weight excluding hydrogens is 296 g/mol. The summed E-state index contributed by atoms with van der Waals surface area (Å²) in [6, 6.07) is 0. The van der Waals surface area contributed by atoms with E-state index in [0.29, 0.717) is 5.78 Å². The highest BCUT2D eigenvalue weighted by molar-refractivity contribution is 8.00. The van der Waals surface area contributed by atoms with E-state index in [1.54, 1.807) is 4.68 Å². The second kappa shape index (κ2) is 5.32. The number of carbonyl (C=O) groups is 1. The molecule has 120 valence electrons. The zero-order chi connectivity index (χ0) is 15.3. The third kappa shape index (κ3) is 2.30. The van der Waals surface area contributed by atoms with Crippen molar-refractivity contribution >= 4 is 17.5 Å². The summed E-state index contributed by atoms with van der Waals surface area (Å²) in [5, 5.41) is 12.5. The fraction of sp³-hybridized carbons (Fsp3) is 0.875. The zero-order valence-corrected chi connectivity index (χ0v) is 14.2. The minimum absolute atomic E-state index is 0.0222. The number of Topliss-reactive ketones (excluding diaryl/α,β-unsaturated/α-hetero) is 1. The molecule has 1 aromatic rings. The minimum atomic E-state index is -0.0486. The Morgan fingerprint density at radius 2 is 1.86 bits per heavy atom. The molecule has 0 aliphatic heterocycles. The second-order valence-corrected chi connectivity index (χ2v) is 8.91. The molecular formula is C16H24N4OS. The molecule has 4 fully saturated rings. The topological polar surface area (TPSA) is 60.7 Å². The average molecular weight is 320 g/mol. The Morgan fingerprint density at radius 3 is 2.41 bits per heavy atom. The van der Waals surface area contributed by atoms with Gasteiger partial charge < -0.3 is 0 Å². The molecule has 0 spiro atoms. The van der Waals surface area contributed by atoms with Crippen LogP contribution in [0.15, 0.2) is 5.16 Å². The highest BCUT2D eigenvalue weighted by Crippen LogP contribution is 2.61. The fourth-order valence-corrected chi connectivity index (χ4v) is 6.58. The van der Waals surface area contributed by atoms with Gasteiger partial charge in [0.2, 0.25) is 5.16 Å². The fourth-order valence-electron chi connectivity index (χ4n) is 5.53. The maximum Gasteiger partial charge on any atom is 0.209 e. The summed E-state index contributed by atoms with van der Waals surface area (Å²) in [6.45, 7) is 4.81. The summed E-state index contributed by atoms with van der Waals surface area (Å²) in [5.41, 5.74) is -0.0222. The predicted molar refractivity (Wildman–Crippen MR) is 84.4 cm³/mol. The highest BCUT2D eigenvalue weighted by atomic mass is 32.2. The Labute approximate surface area is 135 Å². The van der Waals surface area contributed by atoms with Gasteiger partial charge in [-0.15, -0.1) is 5.10 Å². The number of ketones is 1. The van der Waals surface area contributed by atoms with Gasteiger partial charge in [-0.3, -0.25) is 4.79 Å². The third-order valence-corrected chi connectivity index (χ3v) is 7.08. The lowest BCUT2D eigenvalue weighted by molar-refractivity contribution is -0.142. The van der Waals surface area contributed by atoms with Crippen LogP contribution in [0.2, 0.25) is 0 Å². The summed E-state index contributed by atoms with van der Waals surface area (Å²) < 4.78 is 1.77. The molecule has 5 rings (SSSR count). The SMILES string of the molecule is CCn1nnnc1SC(C)C(=O)C12CC3CC(CC(C3)C1)C2. The number of nitrogens with zero attached hydrogens (tertiary/aromatic N) is 4. The van der Waals surface area contributed by atoms with Crippen LogP contribution in [0.25, 0.3) is 0 Å². The standard InChI is InChI=1S/C16H24N4OS/c1-3-20-15(17-18-19-20)22-10(2)14(21)16-7-11-4-12(8-16)6-13(5-11)9-16/h10-13H,3-9H2,1-2H3. The lowest BCUT2D eigenvalue weighted by Gasteiger charge is -2.56. The van der Waals surface area contributed by atoms with E-state index in [9.17, 15) is 4.79 Å². The van der Waals surface area contributed by atoms with Crippen LogP contribution in [0.1, 0.15) is 52.4 Å². The molecule has 1 heterocycles. The molecule has 1 aromatic heterocycles. The van der Waals surface area contributed by atoms with Crippen LogP contribution in [-0.2, 0) is 11.3 Å². The lowest BCUT2D eigenvalue weighted by Crippen LogP contribution is -2.51. The molecule has 4 aliphatic carbocycles. The van der Waals surface area contributed by atoms with Crippen molar-refractivity contribution in [3.8, 4) is 0 Å². The first-order valence-corrected chi connectivity index (χ1v) is 9.45. The van der Waals surface area contributed by atoms with Gasteiger partial charge in [-0.05, 0) is 80.6 Å². The lowest BCUT2D eigenvalue weighted by atomic mass is 9.48. The van der Waals surface area contributed by atoms with Crippen LogP contribution in [0.3, 0.4) is 0 Å². The first kappa shape index (κ1) is 14.7. The molecule has 0 aromatic carbocycles. The highest BCUT2D eigenvalue weighted by Gasteiger charge is 2.55. The van der Waals surface area contributed by atoms with E-state index in [2.05, 4.69) is 15.5 Å². The zero-order valence-electron chi connectivity index (χ0n) is 13.4. The first-order valence-electron chi connectivity index (χ1n) is 8.57. The molecule has 0 saturated heterocycles. The van der Waals surface area contributed by atoms with Gasteiger partial charge in [-0.1, -0.05) is 11.8 Å². The van der Waals surface area contributed by atoms with E-state index < -0.39 is 0 Å². The largest absolute Gasteiger partial charge is 0.298 e. The van der Waals surface area contributed by atoms with Crippen LogP contribution >= 0.6 is 11.8 Å². The number of hydrogen-bond acceptors (Lipinski definition) is 5. The second-order valence-electron chi connectivity index (χ2n) is 7.60. The maximum absolute atomic E-state index is 13.2. The van der Waals surface area contributed by atoms with Crippen molar-refractivity contribution in [2.75, 3.05) is 0 Å². The monoisotopic (exact) mass is 320 g/mol. The molecule has 0 N–H and O–H groups in total. The Hall–Kier alpha value is -0.910. The molecule has 0 radical (unpaired) electrons. The van der Waals surface area contributed by atoms with Crippen LogP contribution < -0.4 is 0 Å². The van der Waals surface area contributed by atoms with Crippen LogP contribution in [0, 0.1) is 23.2 Å². The summed E-state index contributed by atoms with van der Waals surface area (Å²) >= 11 is 1.54. The van der Waals surface area contributed by atoms with Crippen LogP contribution in [0.5, 0.6) is 0 Å². The van der Waals surface area contributed by atoms with Gasteiger partial charge in [0.1, 0.15) is 0 Å². The van der Waals surface area contributed by atoms with Crippen molar-refractivity contribution in [1.29, 1.82) is 0 Å².